The first-order valence-corrected chi connectivity index (χ1v) is 9.74. The molecule has 0 atom stereocenters. The molecule has 1 N–H and O–H groups in total. The molecule has 0 saturated heterocycles. The fraction of sp³-hybridized carbons (Fsp3) is 0.300. The molecule has 26 heavy (non-hydrogen) atoms. The van der Waals surface area contributed by atoms with Gasteiger partial charge < -0.3 is 15.0 Å². The van der Waals surface area contributed by atoms with Crippen LogP contribution in [0.25, 0.3) is 0 Å². The lowest BCUT2D eigenvalue weighted by atomic mass is 10.2. The van der Waals surface area contributed by atoms with Gasteiger partial charge in [-0.15, -0.1) is 11.8 Å². The molecule has 0 fully saturated rings. The average molecular weight is 372 g/mol. The number of nitrogens with one attached hydrogen (secondary N) is 1. The van der Waals surface area contributed by atoms with Crippen LogP contribution in [0.4, 0.5) is 10.5 Å². The first kappa shape index (κ1) is 19.8. The zero-order chi connectivity index (χ0) is 18.8. The van der Waals surface area contributed by atoms with Crippen LogP contribution in [-0.4, -0.2) is 36.3 Å². The van der Waals surface area contributed by atoms with E-state index < -0.39 is 0 Å². The first-order chi connectivity index (χ1) is 12.6. The molecule has 2 rings (SSSR count). The first-order valence-electron chi connectivity index (χ1n) is 8.52. The number of thioether (sulfide) groups is 1. The highest BCUT2D eigenvalue weighted by Crippen LogP contribution is 2.19. The number of hydrogen-bond donors (Lipinski definition) is 1. The molecule has 0 bridgehead atoms. The number of ether oxygens (including phenoxy) is 1. The molecule has 0 aromatic heterocycles. The molecular formula is C20H24N2O3S. The van der Waals surface area contributed by atoms with Crippen LogP contribution in [0.3, 0.4) is 0 Å². The van der Waals surface area contributed by atoms with Crippen LogP contribution in [-0.2, 0) is 16.1 Å². The Labute approximate surface area is 158 Å². The van der Waals surface area contributed by atoms with E-state index in [-0.39, 0.29) is 18.4 Å². The van der Waals surface area contributed by atoms with Gasteiger partial charge in [0.05, 0.1) is 13.0 Å². The van der Waals surface area contributed by atoms with Crippen LogP contribution in [0.5, 0.6) is 0 Å². The summed E-state index contributed by atoms with van der Waals surface area (Å²) in [6.07, 6.45) is 2.15. The number of carbonyl (C=O) groups excluding carboxylic acids is 2. The highest BCUT2D eigenvalue weighted by molar-refractivity contribution is 7.98. The summed E-state index contributed by atoms with van der Waals surface area (Å²) in [5, 5.41) is 2.91. The summed E-state index contributed by atoms with van der Waals surface area (Å²) in [5.41, 5.74) is 1.74. The maximum Gasteiger partial charge on any atom is 0.322 e. The molecule has 2 amide bonds. The minimum Gasteiger partial charge on any atom is -0.466 e. The minimum atomic E-state index is -0.303. The smallest absolute Gasteiger partial charge is 0.322 e. The zero-order valence-electron chi connectivity index (χ0n) is 15.1. The molecule has 6 heteroatoms. The Balaban J connectivity index is 2.07. The summed E-state index contributed by atoms with van der Waals surface area (Å²) in [4.78, 5) is 27.1. The Kier molecular flexibility index (Phi) is 8.02. The summed E-state index contributed by atoms with van der Waals surface area (Å²) >= 11 is 1.61. The second-order valence-corrected chi connectivity index (χ2v) is 6.50. The molecule has 2 aromatic rings. The number of urea groups is 1. The number of esters is 1. The van der Waals surface area contributed by atoms with Gasteiger partial charge >= 0.3 is 12.0 Å². The van der Waals surface area contributed by atoms with Crippen LogP contribution in [0, 0.1) is 0 Å². The lowest BCUT2D eigenvalue weighted by molar-refractivity contribution is -0.143. The maximum absolute atomic E-state index is 12.7. The number of rotatable bonds is 8. The van der Waals surface area contributed by atoms with Gasteiger partial charge in [-0.1, -0.05) is 36.4 Å². The van der Waals surface area contributed by atoms with Crippen LogP contribution in [0.15, 0.2) is 59.5 Å². The highest BCUT2D eigenvalue weighted by atomic mass is 32.2. The van der Waals surface area contributed by atoms with Gasteiger partial charge in [-0.25, -0.2) is 4.79 Å². The second-order valence-electron chi connectivity index (χ2n) is 5.62. The minimum absolute atomic E-state index is 0.166. The lowest BCUT2D eigenvalue weighted by Gasteiger charge is -2.23. The standard InChI is InChI=1S/C20H24N2O3S/c1-3-25-19(23)12-13-22(15-16-8-5-4-6-9-16)20(24)21-17-10-7-11-18(14-17)26-2/h4-11,14H,3,12-13,15H2,1-2H3,(H,21,24). The number of amides is 2. The van der Waals surface area contributed by atoms with Crippen molar-refractivity contribution in [1.82, 2.24) is 4.90 Å². The molecule has 0 aliphatic heterocycles. The van der Waals surface area contributed by atoms with E-state index in [9.17, 15) is 9.59 Å². The van der Waals surface area contributed by atoms with Gasteiger partial charge in [-0.3, -0.25) is 4.79 Å². The largest absolute Gasteiger partial charge is 0.466 e. The Bertz CT molecular complexity index is 722. The van der Waals surface area contributed by atoms with Crippen molar-refractivity contribution in [3.05, 3.63) is 60.2 Å². The fourth-order valence-corrected chi connectivity index (χ4v) is 2.88. The van der Waals surface area contributed by atoms with E-state index in [0.29, 0.717) is 19.7 Å². The molecule has 0 heterocycles. The average Bonchev–Trinajstić information content (AvgIpc) is 2.66. The monoisotopic (exact) mass is 372 g/mol. The third kappa shape index (κ3) is 6.44. The predicted octanol–water partition coefficient (Wildman–Crippen LogP) is 4.40. The molecular weight excluding hydrogens is 348 g/mol. The van der Waals surface area contributed by atoms with Crippen molar-refractivity contribution in [3.8, 4) is 0 Å². The molecule has 0 radical (unpaired) electrons. The van der Waals surface area contributed by atoms with Crippen molar-refractivity contribution in [3.63, 3.8) is 0 Å². The number of benzene rings is 2. The summed E-state index contributed by atoms with van der Waals surface area (Å²) in [7, 11) is 0. The van der Waals surface area contributed by atoms with Crippen LogP contribution in [0.1, 0.15) is 18.9 Å². The van der Waals surface area contributed by atoms with Crippen LogP contribution >= 0.6 is 11.8 Å². The van der Waals surface area contributed by atoms with E-state index in [1.165, 1.54) is 0 Å². The molecule has 0 spiro atoms. The number of hydrogen-bond acceptors (Lipinski definition) is 4. The number of nitrogens with zero attached hydrogens (tertiary/aromatic N) is 1. The van der Waals surface area contributed by atoms with Crippen molar-refractivity contribution >= 4 is 29.4 Å². The Hall–Kier alpha value is -2.47. The van der Waals surface area contributed by atoms with Gasteiger partial charge in [0.25, 0.3) is 0 Å². The normalized spacial score (nSPS) is 10.2. The van der Waals surface area contributed by atoms with Crippen molar-refractivity contribution in [2.75, 3.05) is 24.7 Å². The van der Waals surface area contributed by atoms with Gasteiger partial charge in [-0.2, -0.15) is 0 Å². The van der Waals surface area contributed by atoms with Crippen LogP contribution in [0.2, 0.25) is 0 Å². The fourth-order valence-electron chi connectivity index (χ4n) is 2.42. The van der Waals surface area contributed by atoms with Gasteiger partial charge in [0, 0.05) is 23.7 Å². The maximum atomic E-state index is 12.7. The third-order valence-electron chi connectivity index (χ3n) is 3.72. The van der Waals surface area contributed by atoms with E-state index in [1.54, 1.807) is 23.6 Å². The van der Waals surface area contributed by atoms with Gasteiger partial charge in [0.2, 0.25) is 0 Å². The summed E-state index contributed by atoms with van der Waals surface area (Å²) in [6.45, 7) is 2.83. The molecule has 0 unspecified atom stereocenters. The predicted molar refractivity (Wildman–Crippen MR) is 105 cm³/mol. The summed E-state index contributed by atoms with van der Waals surface area (Å²) < 4.78 is 4.97. The van der Waals surface area contributed by atoms with Crippen molar-refractivity contribution in [2.24, 2.45) is 0 Å². The van der Waals surface area contributed by atoms with Gasteiger partial charge in [-0.05, 0) is 36.9 Å². The van der Waals surface area contributed by atoms with Crippen molar-refractivity contribution in [2.45, 2.75) is 24.8 Å². The molecule has 0 aliphatic carbocycles. The highest BCUT2D eigenvalue weighted by Gasteiger charge is 2.16. The van der Waals surface area contributed by atoms with E-state index in [1.807, 2.05) is 60.9 Å². The third-order valence-corrected chi connectivity index (χ3v) is 4.44. The molecule has 5 nitrogen and oxygen atoms in total. The Morgan fingerprint density at radius 2 is 1.88 bits per heavy atom. The Morgan fingerprint density at radius 1 is 1.12 bits per heavy atom. The van der Waals surface area contributed by atoms with E-state index in [2.05, 4.69) is 5.32 Å². The summed E-state index contributed by atoms with van der Waals surface area (Å²) in [5.74, 6) is -0.303. The quantitative estimate of drug-likeness (QED) is 0.551. The van der Waals surface area contributed by atoms with Crippen LogP contribution < -0.4 is 5.32 Å². The summed E-state index contributed by atoms with van der Waals surface area (Å²) in [6, 6.07) is 17.1. The van der Waals surface area contributed by atoms with E-state index in [0.717, 1.165) is 16.1 Å². The van der Waals surface area contributed by atoms with Gasteiger partial charge in [0.1, 0.15) is 0 Å². The number of anilines is 1. The topological polar surface area (TPSA) is 58.6 Å². The van der Waals surface area contributed by atoms with E-state index >= 15 is 0 Å². The van der Waals surface area contributed by atoms with E-state index in [4.69, 9.17) is 4.74 Å². The van der Waals surface area contributed by atoms with Crippen molar-refractivity contribution in [1.29, 1.82) is 0 Å². The molecule has 0 saturated carbocycles. The molecule has 2 aromatic carbocycles. The van der Waals surface area contributed by atoms with Crippen molar-refractivity contribution < 1.29 is 14.3 Å². The SMILES string of the molecule is CCOC(=O)CCN(Cc1ccccc1)C(=O)Nc1cccc(SC)c1. The molecule has 138 valence electrons. The number of carbonyl (C=O) groups is 2. The lowest BCUT2D eigenvalue weighted by Crippen LogP contribution is -2.36. The molecule has 0 aliphatic rings. The second kappa shape index (κ2) is 10.5. The Morgan fingerprint density at radius 3 is 2.58 bits per heavy atom. The zero-order valence-corrected chi connectivity index (χ0v) is 15.9. The van der Waals surface area contributed by atoms with Gasteiger partial charge in [0.15, 0.2) is 0 Å².